The highest BCUT2D eigenvalue weighted by Crippen LogP contribution is 2.23. The number of amides is 2. The zero-order valence-corrected chi connectivity index (χ0v) is 10.6. The number of nitrogens with one attached hydrogen (secondary N) is 1. The lowest BCUT2D eigenvalue weighted by Crippen LogP contribution is -2.42. The number of thioether (sulfide) groups is 1. The molecule has 0 saturated heterocycles. The molecule has 0 fully saturated rings. The zero-order chi connectivity index (χ0) is 13.3. The topological polar surface area (TPSA) is 94.2 Å². The molecule has 3 N–H and O–H groups in total. The van der Waals surface area contributed by atoms with E-state index in [9.17, 15) is 14.4 Å². The van der Waals surface area contributed by atoms with E-state index in [2.05, 4.69) is 5.32 Å². The minimum absolute atomic E-state index is 0.200. The van der Waals surface area contributed by atoms with E-state index in [-0.39, 0.29) is 11.1 Å². The summed E-state index contributed by atoms with van der Waals surface area (Å²) in [6, 6.07) is 2.17. The van der Waals surface area contributed by atoms with Crippen molar-refractivity contribution in [2.24, 2.45) is 5.73 Å². The number of rotatable bonds is 3. The first-order valence-corrected chi connectivity index (χ1v) is 6.45. The maximum absolute atomic E-state index is 11.8. The van der Waals surface area contributed by atoms with Crippen LogP contribution in [0.2, 0.25) is 0 Å². The SMILES string of the molecule is CC(NC(=O)c1cc2n(c(=O)c1)CCS2)C(N)=O. The second kappa shape index (κ2) is 4.85. The number of pyridine rings is 1. The summed E-state index contributed by atoms with van der Waals surface area (Å²) in [4.78, 5) is 34.4. The van der Waals surface area contributed by atoms with Crippen LogP contribution in [-0.2, 0) is 11.3 Å². The molecule has 0 aliphatic carbocycles. The molecule has 1 aromatic rings. The van der Waals surface area contributed by atoms with Gasteiger partial charge in [-0.3, -0.25) is 14.4 Å². The summed E-state index contributed by atoms with van der Waals surface area (Å²) in [5, 5.41) is 3.22. The number of nitrogens with zero attached hydrogens (tertiary/aromatic N) is 1. The standard InChI is InChI=1S/C11H13N3O3S/c1-6(10(12)16)13-11(17)7-4-8(15)14-2-3-18-9(14)5-7/h4-6H,2-3H2,1H3,(H2,12,16)(H,13,17). The molecule has 0 radical (unpaired) electrons. The molecule has 7 heteroatoms. The maximum Gasteiger partial charge on any atom is 0.252 e. The van der Waals surface area contributed by atoms with E-state index < -0.39 is 17.9 Å². The molecule has 0 aromatic carbocycles. The van der Waals surface area contributed by atoms with E-state index >= 15 is 0 Å². The monoisotopic (exact) mass is 267 g/mol. The van der Waals surface area contributed by atoms with Crippen molar-refractivity contribution in [3.05, 3.63) is 28.0 Å². The Morgan fingerprint density at radius 2 is 2.22 bits per heavy atom. The minimum atomic E-state index is -0.763. The van der Waals surface area contributed by atoms with Crippen LogP contribution < -0.4 is 16.6 Å². The fraction of sp³-hybridized carbons (Fsp3) is 0.364. The van der Waals surface area contributed by atoms with Crippen LogP contribution in [0.3, 0.4) is 0 Å². The van der Waals surface area contributed by atoms with Gasteiger partial charge in [0.1, 0.15) is 6.04 Å². The zero-order valence-electron chi connectivity index (χ0n) is 9.80. The van der Waals surface area contributed by atoms with Crippen LogP contribution in [0.15, 0.2) is 22.0 Å². The Bertz CT molecular complexity index is 567. The van der Waals surface area contributed by atoms with E-state index in [0.717, 1.165) is 10.8 Å². The number of aromatic nitrogens is 1. The molecular formula is C11H13N3O3S. The van der Waals surface area contributed by atoms with Crippen LogP contribution in [0.25, 0.3) is 0 Å². The Labute approximate surface area is 108 Å². The molecule has 1 unspecified atom stereocenters. The van der Waals surface area contributed by atoms with Crippen molar-refractivity contribution in [2.45, 2.75) is 24.5 Å². The van der Waals surface area contributed by atoms with Gasteiger partial charge in [0.2, 0.25) is 5.91 Å². The molecule has 2 amide bonds. The predicted molar refractivity (Wildman–Crippen MR) is 67.5 cm³/mol. The maximum atomic E-state index is 11.8. The van der Waals surface area contributed by atoms with Crippen molar-refractivity contribution in [1.29, 1.82) is 0 Å². The fourth-order valence-electron chi connectivity index (χ4n) is 1.64. The summed E-state index contributed by atoms with van der Waals surface area (Å²) in [5.41, 5.74) is 5.12. The van der Waals surface area contributed by atoms with Crippen molar-refractivity contribution in [2.75, 3.05) is 5.75 Å². The molecule has 6 nitrogen and oxygen atoms in total. The van der Waals surface area contributed by atoms with Crippen molar-refractivity contribution in [3.63, 3.8) is 0 Å². The molecule has 2 heterocycles. The Balaban J connectivity index is 2.24. The molecule has 1 aliphatic heterocycles. The number of carbonyl (C=O) groups excluding carboxylic acids is 2. The van der Waals surface area contributed by atoms with Crippen molar-refractivity contribution >= 4 is 23.6 Å². The Morgan fingerprint density at radius 3 is 2.89 bits per heavy atom. The van der Waals surface area contributed by atoms with Crippen molar-refractivity contribution in [1.82, 2.24) is 9.88 Å². The van der Waals surface area contributed by atoms with Gasteiger partial charge in [0.15, 0.2) is 0 Å². The molecule has 0 saturated carbocycles. The lowest BCUT2D eigenvalue weighted by atomic mass is 10.2. The number of fused-ring (bicyclic) bond motifs is 1. The second-order valence-corrected chi connectivity index (χ2v) is 5.13. The highest BCUT2D eigenvalue weighted by atomic mass is 32.2. The molecule has 1 aliphatic rings. The van der Waals surface area contributed by atoms with Crippen LogP contribution >= 0.6 is 11.8 Å². The Morgan fingerprint density at radius 1 is 1.50 bits per heavy atom. The summed E-state index contributed by atoms with van der Waals surface area (Å²) in [6.07, 6.45) is 0. The first-order valence-electron chi connectivity index (χ1n) is 5.47. The smallest absolute Gasteiger partial charge is 0.252 e. The van der Waals surface area contributed by atoms with Crippen LogP contribution in [0, 0.1) is 0 Å². The van der Waals surface area contributed by atoms with E-state index in [1.807, 2.05) is 0 Å². The number of carbonyl (C=O) groups is 2. The molecule has 1 atom stereocenters. The first-order chi connectivity index (χ1) is 8.49. The van der Waals surface area contributed by atoms with E-state index in [1.165, 1.54) is 24.8 Å². The first kappa shape index (κ1) is 12.7. The number of hydrogen-bond donors (Lipinski definition) is 2. The third-order valence-corrected chi connectivity index (χ3v) is 3.71. The second-order valence-electron chi connectivity index (χ2n) is 4.02. The van der Waals surface area contributed by atoms with Gasteiger partial charge in [-0.05, 0) is 13.0 Å². The number of primary amides is 1. The van der Waals surface area contributed by atoms with E-state index in [4.69, 9.17) is 5.73 Å². The van der Waals surface area contributed by atoms with Crippen LogP contribution in [0.1, 0.15) is 17.3 Å². The van der Waals surface area contributed by atoms with Crippen LogP contribution in [-0.4, -0.2) is 28.2 Å². The third-order valence-electron chi connectivity index (χ3n) is 2.69. The number of hydrogen-bond acceptors (Lipinski definition) is 4. The van der Waals surface area contributed by atoms with Gasteiger partial charge >= 0.3 is 0 Å². The van der Waals surface area contributed by atoms with Crippen molar-refractivity contribution < 1.29 is 9.59 Å². The quantitative estimate of drug-likeness (QED) is 0.776. The Kier molecular flexibility index (Phi) is 3.42. The number of nitrogens with two attached hydrogens (primary N) is 1. The van der Waals surface area contributed by atoms with Gasteiger partial charge in [-0.2, -0.15) is 0 Å². The van der Waals surface area contributed by atoms with E-state index in [0.29, 0.717) is 6.54 Å². The summed E-state index contributed by atoms with van der Waals surface area (Å²) >= 11 is 1.53. The molecule has 0 bridgehead atoms. The molecule has 96 valence electrons. The van der Waals surface area contributed by atoms with Crippen molar-refractivity contribution in [3.8, 4) is 0 Å². The minimum Gasteiger partial charge on any atom is -0.368 e. The summed E-state index contributed by atoms with van der Waals surface area (Å²) in [7, 11) is 0. The Hall–Kier alpha value is -1.76. The predicted octanol–water partition coefficient (Wildman–Crippen LogP) is -0.442. The summed E-state index contributed by atoms with van der Waals surface area (Å²) in [6.45, 7) is 2.16. The summed E-state index contributed by atoms with van der Waals surface area (Å²) in [5.74, 6) is -0.247. The van der Waals surface area contributed by atoms with Gasteiger partial charge in [0.25, 0.3) is 11.5 Å². The summed E-state index contributed by atoms with van der Waals surface area (Å²) < 4.78 is 1.62. The fourth-order valence-corrected chi connectivity index (χ4v) is 2.67. The highest BCUT2D eigenvalue weighted by Gasteiger charge is 2.18. The average Bonchev–Trinajstić information content (AvgIpc) is 2.77. The van der Waals surface area contributed by atoms with Gasteiger partial charge in [-0.15, -0.1) is 11.8 Å². The van der Waals surface area contributed by atoms with Gasteiger partial charge in [0.05, 0.1) is 5.03 Å². The normalized spacial score (nSPS) is 14.9. The van der Waals surface area contributed by atoms with Gasteiger partial charge < -0.3 is 15.6 Å². The average molecular weight is 267 g/mol. The van der Waals surface area contributed by atoms with Gasteiger partial charge in [-0.1, -0.05) is 0 Å². The molecular weight excluding hydrogens is 254 g/mol. The van der Waals surface area contributed by atoms with Gasteiger partial charge in [0, 0.05) is 23.9 Å². The third kappa shape index (κ3) is 2.40. The van der Waals surface area contributed by atoms with Crippen LogP contribution in [0.5, 0.6) is 0 Å². The largest absolute Gasteiger partial charge is 0.368 e. The highest BCUT2D eigenvalue weighted by molar-refractivity contribution is 7.99. The van der Waals surface area contributed by atoms with E-state index in [1.54, 1.807) is 10.6 Å². The molecule has 1 aromatic heterocycles. The van der Waals surface area contributed by atoms with Crippen LogP contribution in [0.4, 0.5) is 0 Å². The molecule has 18 heavy (non-hydrogen) atoms. The lowest BCUT2D eigenvalue weighted by Gasteiger charge is -2.10. The van der Waals surface area contributed by atoms with Gasteiger partial charge in [-0.25, -0.2) is 0 Å². The lowest BCUT2D eigenvalue weighted by molar-refractivity contribution is -0.119. The molecule has 2 rings (SSSR count). The molecule has 0 spiro atoms.